The van der Waals surface area contributed by atoms with Crippen molar-refractivity contribution in [1.29, 1.82) is 0 Å². The zero-order chi connectivity index (χ0) is 9.10. The number of hydrogen-bond donors (Lipinski definition) is 0. The molecule has 0 aliphatic carbocycles. The lowest BCUT2D eigenvalue weighted by molar-refractivity contribution is 0.806. The summed E-state index contributed by atoms with van der Waals surface area (Å²) in [6.45, 7) is 0.840. The zero-order valence-electron chi connectivity index (χ0n) is 7.15. The molecule has 0 fully saturated rings. The fourth-order valence-corrected chi connectivity index (χ4v) is 1.49. The first-order valence-corrected chi connectivity index (χ1v) is 4.58. The maximum atomic E-state index is 6.03. The van der Waals surface area contributed by atoms with Gasteiger partial charge in [0.1, 0.15) is 0 Å². The van der Waals surface area contributed by atoms with Crippen molar-refractivity contribution in [3.63, 3.8) is 0 Å². The van der Waals surface area contributed by atoms with E-state index < -0.39 is 0 Å². The Balaban J connectivity index is 2.24. The van der Waals surface area contributed by atoms with Gasteiger partial charge in [-0.25, -0.2) is 0 Å². The average Bonchev–Trinajstić information content (AvgIpc) is 2.61. The van der Waals surface area contributed by atoms with Crippen molar-refractivity contribution < 1.29 is 0 Å². The molecule has 13 heavy (non-hydrogen) atoms. The summed E-state index contributed by atoms with van der Waals surface area (Å²) in [5.41, 5.74) is 1.15. The molecule has 1 heterocycles. The highest BCUT2D eigenvalue weighted by molar-refractivity contribution is 6.31. The summed E-state index contributed by atoms with van der Waals surface area (Å²) < 4.78 is 2.10. The normalized spacial score (nSPS) is 10.2. The van der Waals surface area contributed by atoms with Gasteiger partial charge >= 0.3 is 0 Å². The summed E-state index contributed by atoms with van der Waals surface area (Å²) in [7, 11) is 0. The van der Waals surface area contributed by atoms with Crippen molar-refractivity contribution >= 4 is 11.6 Å². The van der Waals surface area contributed by atoms with E-state index in [-0.39, 0.29) is 0 Å². The van der Waals surface area contributed by atoms with E-state index in [1.807, 2.05) is 48.8 Å². The van der Waals surface area contributed by atoms with Crippen LogP contribution in [-0.4, -0.2) is 4.57 Å². The molecule has 2 rings (SSSR count). The minimum atomic E-state index is 0.830. The van der Waals surface area contributed by atoms with Gasteiger partial charge in [-0.05, 0) is 23.8 Å². The van der Waals surface area contributed by atoms with Crippen LogP contribution in [0.4, 0.5) is 0 Å². The smallest absolute Gasteiger partial charge is 0.0484 e. The molecule has 1 nitrogen and oxygen atoms in total. The molecular formula is C11H10ClN. The second kappa shape index (κ2) is 3.67. The third kappa shape index (κ3) is 1.93. The molecule has 1 aromatic carbocycles. The van der Waals surface area contributed by atoms with Crippen LogP contribution < -0.4 is 0 Å². The Hall–Kier alpha value is -1.21. The Morgan fingerprint density at radius 3 is 2.38 bits per heavy atom. The second-order valence-electron chi connectivity index (χ2n) is 2.95. The third-order valence-electron chi connectivity index (χ3n) is 1.98. The van der Waals surface area contributed by atoms with Crippen molar-refractivity contribution in [2.75, 3.05) is 0 Å². The highest BCUT2D eigenvalue weighted by Crippen LogP contribution is 2.15. The average molecular weight is 192 g/mol. The van der Waals surface area contributed by atoms with Crippen LogP contribution in [0.2, 0.25) is 5.02 Å². The molecule has 0 amide bonds. The summed E-state index contributed by atoms with van der Waals surface area (Å²) >= 11 is 6.03. The molecular weight excluding hydrogens is 182 g/mol. The molecule has 2 heteroatoms. The van der Waals surface area contributed by atoms with Gasteiger partial charge in [0, 0.05) is 24.0 Å². The molecule has 0 N–H and O–H groups in total. The van der Waals surface area contributed by atoms with Gasteiger partial charge in [0.2, 0.25) is 0 Å². The third-order valence-corrected chi connectivity index (χ3v) is 2.35. The Bertz CT molecular complexity index is 379. The fourth-order valence-electron chi connectivity index (χ4n) is 1.30. The first-order valence-electron chi connectivity index (χ1n) is 4.20. The van der Waals surface area contributed by atoms with Crippen molar-refractivity contribution in [1.82, 2.24) is 4.57 Å². The Morgan fingerprint density at radius 2 is 1.69 bits per heavy atom. The Labute approximate surface area is 82.6 Å². The first kappa shape index (κ1) is 8.39. The number of halogens is 1. The highest BCUT2D eigenvalue weighted by atomic mass is 35.5. The van der Waals surface area contributed by atoms with E-state index in [4.69, 9.17) is 11.6 Å². The molecule has 0 aliphatic heterocycles. The SMILES string of the molecule is Clc1ccccc1Cn1cccc1. The molecule has 0 spiro atoms. The van der Waals surface area contributed by atoms with Gasteiger partial charge in [0.05, 0.1) is 0 Å². The van der Waals surface area contributed by atoms with Crippen LogP contribution in [0.25, 0.3) is 0 Å². The van der Waals surface area contributed by atoms with E-state index in [0.717, 1.165) is 17.1 Å². The van der Waals surface area contributed by atoms with Crippen LogP contribution in [0.15, 0.2) is 48.8 Å². The molecule has 66 valence electrons. The maximum Gasteiger partial charge on any atom is 0.0484 e. The standard InChI is InChI=1S/C11H10ClN/c12-11-6-2-1-5-10(11)9-13-7-3-4-8-13/h1-8H,9H2. The summed E-state index contributed by atoms with van der Waals surface area (Å²) in [5, 5.41) is 0.830. The van der Waals surface area contributed by atoms with Crippen LogP contribution >= 0.6 is 11.6 Å². The largest absolute Gasteiger partial charge is 0.350 e. The van der Waals surface area contributed by atoms with Crippen molar-refractivity contribution in [3.8, 4) is 0 Å². The molecule has 0 bridgehead atoms. The lowest BCUT2D eigenvalue weighted by atomic mass is 10.2. The maximum absolute atomic E-state index is 6.03. The Kier molecular flexibility index (Phi) is 2.37. The minimum absolute atomic E-state index is 0.830. The number of nitrogens with zero attached hydrogens (tertiary/aromatic N) is 1. The molecule has 0 atom stereocenters. The summed E-state index contributed by atoms with van der Waals surface area (Å²) in [5.74, 6) is 0. The van der Waals surface area contributed by atoms with Gasteiger partial charge in [0.25, 0.3) is 0 Å². The van der Waals surface area contributed by atoms with Crippen LogP contribution in [0.1, 0.15) is 5.56 Å². The summed E-state index contributed by atoms with van der Waals surface area (Å²) in [6, 6.07) is 11.9. The molecule has 0 radical (unpaired) electrons. The molecule has 2 aromatic rings. The molecule has 0 unspecified atom stereocenters. The highest BCUT2D eigenvalue weighted by Gasteiger charge is 1.97. The molecule has 0 aliphatic rings. The van der Waals surface area contributed by atoms with Crippen molar-refractivity contribution in [3.05, 3.63) is 59.4 Å². The molecule has 0 saturated carbocycles. The van der Waals surface area contributed by atoms with E-state index in [1.54, 1.807) is 0 Å². The van der Waals surface area contributed by atoms with Crippen LogP contribution in [0, 0.1) is 0 Å². The lowest BCUT2D eigenvalue weighted by Gasteiger charge is -2.04. The van der Waals surface area contributed by atoms with E-state index in [2.05, 4.69) is 4.57 Å². The minimum Gasteiger partial charge on any atom is -0.350 e. The van der Waals surface area contributed by atoms with Crippen LogP contribution in [0.3, 0.4) is 0 Å². The van der Waals surface area contributed by atoms with Crippen molar-refractivity contribution in [2.45, 2.75) is 6.54 Å². The Morgan fingerprint density at radius 1 is 1.00 bits per heavy atom. The quantitative estimate of drug-likeness (QED) is 0.687. The van der Waals surface area contributed by atoms with Gasteiger partial charge < -0.3 is 4.57 Å². The van der Waals surface area contributed by atoms with Gasteiger partial charge in [-0.15, -0.1) is 0 Å². The topological polar surface area (TPSA) is 4.93 Å². The van der Waals surface area contributed by atoms with Gasteiger partial charge in [-0.1, -0.05) is 29.8 Å². The van der Waals surface area contributed by atoms with E-state index in [1.165, 1.54) is 0 Å². The van der Waals surface area contributed by atoms with Crippen LogP contribution in [-0.2, 0) is 6.54 Å². The van der Waals surface area contributed by atoms with E-state index in [9.17, 15) is 0 Å². The predicted octanol–water partition coefficient (Wildman–Crippen LogP) is 3.19. The second-order valence-corrected chi connectivity index (χ2v) is 3.35. The number of rotatable bonds is 2. The molecule has 0 saturated heterocycles. The van der Waals surface area contributed by atoms with Gasteiger partial charge in [-0.2, -0.15) is 0 Å². The number of hydrogen-bond acceptors (Lipinski definition) is 0. The number of benzene rings is 1. The van der Waals surface area contributed by atoms with Gasteiger partial charge in [-0.3, -0.25) is 0 Å². The fraction of sp³-hybridized carbons (Fsp3) is 0.0909. The molecule has 1 aromatic heterocycles. The zero-order valence-corrected chi connectivity index (χ0v) is 7.91. The van der Waals surface area contributed by atoms with E-state index in [0.29, 0.717) is 0 Å². The van der Waals surface area contributed by atoms with Crippen molar-refractivity contribution in [2.24, 2.45) is 0 Å². The van der Waals surface area contributed by atoms with Crippen LogP contribution in [0.5, 0.6) is 0 Å². The summed E-state index contributed by atoms with van der Waals surface area (Å²) in [4.78, 5) is 0. The predicted molar refractivity (Wildman–Crippen MR) is 55.0 cm³/mol. The summed E-state index contributed by atoms with van der Waals surface area (Å²) in [6.07, 6.45) is 4.06. The van der Waals surface area contributed by atoms with Gasteiger partial charge in [0.15, 0.2) is 0 Å². The number of aromatic nitrogens is 1. The lowest BCUT2D eigenvalue weighted by Crippen LogP contribution is -1.96. The first-order chi connectivity index (χ1) is 6.36. The monoisotopic (exact) mass is 191 g/mol. The van der Waals surface area contributed by atoms with E-state index >= 15 is 0 Å².